The Labute approximate surface area is 314 Å². The molecule has 0 unspecified atom stereocenters. The molecule has 0 bridgehead atoms. The molecule has 1 aliphatic rings. The van der Waals surface area contributed by atoms with Gasteiger partial charge in [-0.15, -0.1) is 0 Å². The fourth-order valence-electron chi connectivity index (χ4n) is 9.09. The first-order valence-corrected chi connectivity index (χ1v) is 18.8. The van der Waals surface area contributed by atoms with Gasteiger partial charge in [-0.25, -0.2) is 0 Å². The first-order chi connectivity index (χ1) is 26.5. The molecule has 0 saturated carbocycles. The van der Waals surface area contributed by atoms with Gasteiger partial charge in [0.1, 0.15) is 0 Å². The van der Waals surface area contributed by atoms with Gasteiger partial charge in [0.15, 0.2) is 0 Å². The molecule has 0 atom stereocenters. The molecule has 3 nitrogen and oxygen atoms in total. The van der Waals surface area contributed by atoms with Crippen LogP contribution in [0.4, 0.5) is 17.1 Å². The van der Waals surface area contributed by atoms with Crippen molar-refractivity contribution in [3.8, 4) is 22.5 Å². The van der Waals surface area contributed by atoms with E-state index in [0.717, 1.165) is 28.4 Å². The molecule has 8 aromatic carbocycles. The maximum absolute atomic E-state index is 2.42. The lowest BCUT2D eigenvalue weighted by Crippen LogP contribution is -2.16. The normalized spacial score (nSPS) is 13.1. The van der Waals surface area contributed by atoms with E-state index in [1.54, 1.807) is 0 Å². The third-order valence-electron chi connectivity index (χ3n) is 11.7. The Hall–Kier alpha value is -6.84. The van der Waals surface area contributed by atoms with Crippen molar-refractivity contribution in [2.75, 3.05) is 4.90 Å². The number of rotatable bonds is 5. The highest BCUT2D eigenvalue weighted by Crippen LogP contribution is 2.51. The number of nitrogens with zero attached hydrogens (tertiary/aromatic N) is 3. The number of para-hydroxylation sites is 2. The fraction of sp³-hybridized carbons (Fsp3) is 0.0588. The molecule has 0 N–H and O–H groups in total. The number of aromatic nitrogens is 2. The molecule has 0 saturated heterocycles. The standard InChI is InChI=1S/C51H37N3/c1-51(2)46-18-10-8-16-42(46)43-29-27-41(33-47(43)51)53(40-22-20-34-12-6-7-13-36(34)32-40)39-25-23-37(24-26-39)52-31-30-35-21-28-45-44-17-9-11-19-48(44)54(50(45)49(35)52)38-14-4-3-5-15-38/h3-33H,1-2H3. The van der Waals surface area contributed by atoms with Crippen LogP contribution < -0.4 is 4.90 Å². The van der Waals surface area contributed by atoms with Crippen LogP contribution in [0, 0.1) is 0 Å². The molecule has 3 heteroatoms. The van der Waals surface area contributed by atoms with E-state index in [4.69, 9.17) is 0 Å². The third-order valence-corrected chi connectivity index (χ3v) is 11.7. The van der Waals surface area contributed by atoms with E-state index in [2.05, 4.69) is 216 Å². The monoisotopic (exact) mass is 691 g/mol. The predicted molar refractivity (Wildman–Crippen MR) is 227 cm³/mol. The highest BCUT2D eigenvalue weighted by molar-refractivity contribution is 6.18. The van der Waals surface area contributed by atoms with Gasteiger partial charge in [0.05, 0.1) is 16.6 Å². The van der Waals surface area contributed by atoms with E-state index < -0.39 is 0 Å². The van der Waals surface area contributed by atoms with Gasteiger partial charge in [-0.1, -0.05) is 123 Å². The van der Waals surface area contributed by atoms with E-state index in [-0.39, 0.29) is 5.41 Å². The van der Waals surface area contributed by atoms with Crippen molar-refractivity contribution < 1.29 is 0 Å². The molecule has 2 aromatic heterocycles. The van der Waals surface area contributed by atoms with Crippen molar-refractivity contribution in [3.05, 3.63) is 199 Å². The van der Waals surface area contributed by atoms with Gasteiger partial charge in [-0.2, -0.15) is 0 Å². The maximum atomic E-state index is 2.42. The van der Waals surface area contributed by atoms with E-state index in [0.29, 0.717) is 0 Å². The lowest BCUT2D eigenvalue weighted by Gasteiger charge is -2.28. The van der Waals surface area contributed by atoms with E-state index in [9.17, 15) is 0 Å². The highest BCUT2D eigenvalue weighted by Gasteiger charge is 2.35. The summed E-state index contributed by atoms with van der Waals surface area (Å²) in [5, 5.41) is 6.18. The SMILES string of the molecule is CC1(C)c2ccccc2-c2ccc(N(c3ccc(-n4ccc5ccc6c7ccccc7n(-c7ccccc7)c6c54)cc3)c3ccc4ccccc4c3)cc21. The second-order valence-electron chi connectivity index (χ2n) is 15.1. The summed E-state index contributed by atoms with van der Waals surface area (Å²) in [7, 11) is 0. The number of hydrogen-bond acceptors (Lipinski definition) is 1. The first-order valence-electron chi connectivity index (χ1n) is 18.8. The molecule has 256 valence electrons. The van der Waals surface area contributed by atoms with Crippen LogP contribution in [0.25, 0.3) is 66.0 Å². The van der Waals surface area contributed by atoms with Gasteiger partial charge < -0.3 is 14.0 Å². The Kier molecular flexibility index (Phi) is 6.60. The molecule has 1 aliphatic carbocycles. The lowest BCUT2D eigenvalue weighted by atomic mass is 9.82. The van der Waals surface area contributed by atoms with Crippen LogP contribution in [0.5, 0.6) is 0 Å². The minimum absolute atomic E-state index is 0.0934. The van der Waals surface area contributed by atoms with Gasteiger partial charge in [0, 0.05) is 56.2 Å². The van der Waals surface area contributed by atoms with Gasteiger partial charge in [-0.3, -0.25) is 0 Å². The van der Waals surface area contributed by atoms with Crippen molar-refractivity contribution in [1.82, 2.24) is 9.13 Å². The smallest absolute Gasteiger partial charge is 0.0788 e. The Morgan fingerprint density at radius 3 is 1.96 bits per heavy atom. The largest absolute Gasteiger partial charge is 0.315 e. The second-order valence-corrected chi connectivity index (χ2v) is 15.1. The van der Waals surface area contributed by atoms with Crippen molar-refractivity contribution in [2.45, 2.75) is 19.3 Å². The summed E-state index contributed by atoms with van der Waals surface area (Å²) in [6.07, 6.45) is 2.22. The molecule has 0 fully saturated rings. The molecule has 0 amide bonds. The zero-order valence-corrected chi connectivity index (χ0v) is 30.2. The van der Waals surface area contributed by atoms with Crippen LogP contribution in [0.15, 0.2) is 188 Å². The van der Waals surface area contributed by atoms with E-state index in [1.807, 2.05) is 0 Å². The quantitative estimate of drug-likeness (QED) is 0.175. The van der Waals surface area contributed by atoms with Crippen LogP contribution in [0.1, 0.15) is 25.0 Å². The van der Waals surface area contributed by atoms with Gasteiger partial charge in [0.25, 0.3) is 0 Å². The summed E-state index contributed by atoms with van der Waals surface area (Å²) in [4.78, 5) is 2.41. The Bertz CT molecular complexity index is 3070. The Morgan fingerprint density at radius 1 is 0.426 bits per heavy atom. The van der Waals surface area contributed by atoms with Gasteiger partial charge in [0.2, 0.25) is 0 Å². The summed E-state index contributed by atoms with van der Waals surface area (Å²) in [6.45, 7) is 4.71. The molecule has 11 rings (SSSR count). The summed E-state index contributed by atoms with van der Waals surface area (Å²) >= 11 is 0. The molecule has 10 aromatic rings. The summed E-state index contributed by atoms with van der Waals surface area (Å²) < 4.78 is 4.78. The fourth-order valence-corrected chi connectivity index (χ4v) is 9.09. The van der Waals surface area contributed by atoms with Crippen LogP contribution in [-0.2, 0) is 5.41 Å². The van der Waals surface area contributed by atoms with Crippen molar-refractivity contribution in [3.63, 3.8) is 0 Å². The third kappa shape index (κ3) is 4.48. The van der Waals surface area contributed by atoms with Crippen LogP contribution >= 0.6 is 0 Å². The summed E-state index contributed by atoms with van der Waals surface area (Å²) in [6, 6.07) is 66.7. The van der Waals surface area contributed by atoms with Crippen LogP contribution in [0.3, 0.4) is 0 Å². The molecule has 0 radical (unpaired) electrons. The molecule has 54 heavy (non-hydrogen) atoms. The topological polar surface area (TPSA) is 13.1 Å². The Morgan fingerprint density at radius 2 is 1.09 bits per heavy atom. The molecule has 2 heterocycles. The molecule has 0 spiro atoms. The van der Waals surface area contributed by atoms with E-state index >= 15 is 0 Å². The maximum Gasteiger partial charge on any atom is 0.0788 e. The molecular formula is C51H37N3. The van der Waals surface area contributed by atoms with Crippen LogP contribution in [-0.4, -0.2) is 9.13 Å². The lowest BCUT2D eigenvalue weighted by molar-refractivity contribution is 0.660. The zero-order valence-electron chi connectivity index (χ0n) is 30.2. The van der Waals surface area contributed by atoms with Crippen LogP contribution in [0.2, 0.25) is 0 Å². The average molecular weight is 692 g/mol. The second kappa shape index (κ2) is 11.6. The minimum Gasteiger partial charge on any atom is -0.315 e. The van der Waals surface area contributed by atoms with E-state index in [1.165, 1.54) is 65.7 Å². The summed E-state index contributed by atoms with van der Waals surface area (Å²) in [5.41, 5.74) is 14.6. The predicted octanol–water partition coefficient (Wildman–Crippen LogP) is 13.7. The number of hydrogen-bond donors (Lipinski definition) is 0. The molecule has 0 aliphatic heterocycles. The van der Waals surface area contributed by atoms with Crippen molar-refractivity contribution >= 4 is 60.5 Å². The summed E-state index contributed by atoms with van der Waals surface area (Å²) in [5.74, 6) is 0. The van der Waals surface area contributed by atoms with Gasteiger partial charge >= 0.3 is 0 Å². The van der Waals surface area contributed by atoms with Gasteiger partial charge in [-0.05, 0) is 106 Å². The number of benzene rings is 8. The zero-order chi connectivity index (χ0) is 36.0. The minimum atomic E-state index is -0.0934. The first kappa shape index (κ1) is 30.8. The average Bonchev–Trinajstić information content (AvgIpc) is 3.87. The molecular weight excluding hydrogens is 655 g/mol. The van der Waals surface area contributed by atoms with Crippen molar-refractivity contribution in [1.29, 1.82) is 0 Å². The number of anilines is 3. The Balaban J connectivity index is 1.08. The van der Waals surface area contributed by atoms with Crippen molar-refractivity contribution in [2.24, 2.45) is 0 Å². The highest BCUT2D eigenvalue weighted by atomic mass is 15.1. The number of fused-ring (bicyclic) bond motifs is 9.